The van der Waals surface area contributed by atoms with Gasteiger partial charge in [-0.25, -0.2) is 13.8 Å². The van der Waals surface area contributed by atoms with Crippen molar-refractivity contribution in [3.8, 4) is 5.75 Å². The van der Waals surface area contributed by atoms with Crippen molar-refractivity contribution in [3.63, 3.8) is 0 Å². The first-order valence-electron chi connectivity index (χ1n) is 7.50. The summed E-state index contributed by atoms with van der Waals surface area (Å²) in [5.74, 6) is 0.809. The maximum atomic E-state index is 12.2. The Labute approximate surface area is 150 Å². The first-order valence-corrected chi connectivity index (χ1v) is 10.6. The van der Waals surface area contributed by atoms with Crippen molar-refractivity contribution in [2.24, 2.45) is 0 Å². The van der Waals surface area contributed by atoms with Crippen molar-refractivity contribution in [1.82, 2.24) is 10.3 Å². The van der Waals surface area contributed by atoms with Gasteiger partial charge in [0.25, 0.3) is 10.0 Å². The minimum atomic E-state index is -3.50. The van der Waals surface area contributed by atoms with Crippen LogP contribution in [-0.4, -0.2) is 28.6 Å². The molecule has 9 heteroatoms. The third kappa shape index (κ3) is 3.70. The summed E-state index contributed by atoms with van der Waals surface area (Å²) in [7, 11) is -1.86. The lowest BCUT2D eigenvalue weighted by molar-refractivity contribution is 0.415. The number of hydrogen-bond donors (Lipinski definition) is 2. The molecule has 1 aliphatic heterocycles. The molecule has 0 amide bonds. The number of nitrogens with one attached hydrogen (secondary N) is 2. The van der Waals surface area contributed by atoms with E-state index in [2.05, 4.69) is 14.6 Å². The van der Waals surface area contributed by atoms with E-state index in [1.807, 2.05) is 31.2 Å². The Hall–Kier alpha value is -1.26. The van der Waals surface area contributed by atoms with Crippen LogP contribution >= 0.6 is 23.3 Å². The molecule has 1 aliphatic rings. The Morgan fingerprint density at radius 2 is 2.17 bits per heavy atom. The van der Waals surface area contributed by atoms with Crippen molar-refractivity contribution in [3.05, 3.63) is 35.9 Å². The molecule has 130 valence electrons. The van der Waals surface area contributed by atoms with Gasteiger partial charge in [0.05, 0.1) is 17.0 Å². The number of methoxy groups -OCH3 is 1. The van der Waals surface area contributed by atoms with E-state index >= 15 is 0 Å². The van der Waals surface area contributed by atoms with E-state index in [9.17, 15) is 8.42 Å². The van der Waals surface area contributed by atoms with E-state index in [0.29, 0.717) is 10.8 Å². The molecule has 0 atom stereocenters. The Morgan fingerprint density at radius 1 is 1.33 bits per heavy atom. The minimum Gasteiger partial charge on any atom is -0.497 e. The number of sulfonamides is 1. The molecule has 6 nitrogen and oxygen atoms in total. The van der Waals surface area contributed by atoms with Gasteiger partial charge in [-0.3, -0.25) is 0 Å². The van der Waals surface area contributed by atoms with Crippen LogP contribution in [0.25, 0.3) is 0 Å². The highest BCUT2D eigenvalue weighted by atomic mass is 32.3. The Kier molecular flexibility index (Phi) is 5.36. The van der Waals surface area contributed by atoms with Gasteiger partial charge in [0.15, 0.2) is 0 Å². The standard InChI is InChI=1S/C15H19N3O3S3/c1-3-16-17-24(19,20)14-9-11-7-8-18(23-15(11)22-14)12-5-4-6-13(10-12)21-2/h4-6,9-10,16-17H,3,7-8H2,1-2H3. The molecule has 1 aromatic carbocycles. The molecule has 2 heterocycles. The molecule has 3 rings (SSSR count). The molecule has 0 bridgehead atoms. The smallest absolute Gasteiger partial charge is 0.262 e. The predicted octanol–water partition coefficient (Wildman–Crippen LogP) is 2.63. The van der Waals surface area contributed by atoms with Gasteiger partial charge >= 0.3 is 0 Å². The van der Waals surface area contributed by atoms with Crippen molar-refractivity contribution in [2.75, 3.05) is 24.5 Å². The Bertz CT molecular complexity index is 820. The molecule has 2 N–H and O–H groups in total. The highest BCUT2D eigenvalue weighted by molar-refractivity contribution is 8.03. The zero-order valence-electron chi connectivity index (χ0n) is 13.4. The molecule has 0 saturated heterocycles. The summed E-state index contributed by atoms with van der Waals surface area (Å²) >= 11 is 2.87. The first-order chi connectivity index (χ1) is 11.5. The topological polar surface area (TPSA) is 70.7 Å². The van der Waals surface area contributed by atoms with Gasteiger partial charge in [-0.2, -0.15) is 0 Å². The number of benzene rings is 1. The van der Waals surface area contributed by atoms with Gasteiger partial charge in [-0.1, -0.05) is 13.0 Å². The van der Waals surface area contributed by atoms with Crippen LogP contribution < -0.4 is 19.3 Å². The summed E-state index contributed by atoms with van der Waals surface area (Å²) in [6.45, 7) is 3.19. The van der Waals surface area contributed by atoms with Gasteiger partial charge in [0.2, 0.25) is 0 Å². The fourth-order valence-electron chi connectivity index (χ4n) is 2.30. The van der Waals surface area contributed by atoms with Crippen LogP contribution in [0, 0.1) is 0 Å². The molecule has 1 aromatic heterocycles. The minimum absolute atomic E-state index is 0.341. The molecule has 24 heavy (non-hydrogen) atoms. The quantitative estimate of drug-likeness (QED) is 0.588. The third-order valence-electron chi connectivity index (χ3n) is 3.51. The van der Waals surface area contributed by atoms with Gasteiger partial charge in [-0.05, 0) is 42.1 Å². The highest BCUT2D eigenvalue weighted by Crippen LogP contribution is 2.42. The first kappa shape index (κ1) is 17.6. The molecule has 0 unspecified atom stereocenters. The number of ether oxygens (including phenoxy) is 1. The zero-order chi connectivity index (χ0) is 17.2. The number of rotatable bonds is 6. The molecule has 0 spiro atoms. The lowest BCUT2D eigenvalue weighted by Gasteiger charge is -2.27. The maximum absolute atomic E-state index is 12.2. The fraction of sp³-hybridized carbons (Fsp3) is 0.333. The average Bonchev–Trinajstić information content (AvgIpc) is 3.04. The lowest BCUT2D eigenvalue weighted by atomic mass is 10.2. The summed E-state index contributed by atoms with van der Waals surface area (Å²) in [5, 5.41) is 0. The van der Waals surface area contributed by atoms with Gasteiger partial charge in [-0.15, -0.1) is 16.2 Å². The van der Waals surface area contributed by atoms with E-state index in [1.54, 1.807) is 25.1 Å². The molecule has 0 saturated carbocycles. The zero-order valence-corrected chi connectivity index (χ0v) is 15.9. The van der Waals surface area contributed by atoms with Gasteiger partial charge in [0, 0.05) is 19.2 Å². The lowest BCUT2D eigenvalue weighted by Crippen LogP contribution is -2.36. The second kappa shape index (κ2) is 7.32. The summed E-state index contributed by atoms with van der Waals surface area (Å²) in [6.07, 6.45) is 0.812. The van der Waals surface area contributed by atoms with Gasteiger partial charge < -0.3 is 9.04 Å². The normalized spacial score (nSPS) is 14.5. The highest BCUT2D eigenvalue weighted by Gasteiger charge is 2.25. The van der Waals surface area contributed by atoms with Crippen LogP contribution in [0.1, 0.15) is 12.5 Å². The Morgan fingerprint density at radius 3 is 2.92 bits per heavy atom. The van der Waals surface area contributed by atoms with Crippen molar-refractivity contribution >= 4 is 39.0 Å². The molecule has 0 aliphatic carbocycles. The maximum Gasteiger partial charge on any atom is 0.262 e. The van der Waals surface area contributed by atoms with Gasteiger partial charge in [0.1, 0.15) is 9.96 Å². The van der Waals surface area contributed by atoms with Crippen LogP contribution in [0.5, 0.6) is 5.75 Å². The van der Waals surface area contributed by atoms with Crippen LogP contribution in [0.2, 0.25) is 0 Å². The van der Waals surface area contributed by atoms with E-state index in [4.69, 9.17) is 4.74 Å². The van der Waals surface area contributed by atoms with Crippen LogP contribution in [0.3, 0.4) is 0 Å². The van der Waals surface area contributed by atoms with Crippen LogP contribution in [0.15, 0.2) is 38.8 Å². The van der Waals surface area contributed by atoms with E-state index < -0.39 is 10.0 Å². The number of hydrazine groups is 1. The summed E-state index contributed by atoms with van der Waals surface area (Å²) in [5.41, 5.74) is 4.79. The molecule has 2 aromatic rings. The second-order valence-electron chi connectivity index (χ2n) is 5.16. The molecular formula is C15H19N3O3S3. The third-order valence-corrected chi connectivity index (χ3v) is 7.77. The SMILES string of the molecule is CCNNS(=O)(=O)c1cc2c(s1)SN(c1cccc(OC)c1)CC2. The van der Waals surface area contributed by atoms with E-state index in [-0.39, 0.29) is 0 Å². The van der Waals surface area contributed by atoms with Crippen LogP contribution in [-0.2, 0) is 16.4 Å². The number of fused-ring (bicyclic) bond motifs is 1. The van der Waals surface area contributed by atoms with Crippen molar-refractivity contribution < 1.29 is 13.2 Å². The average molecular weight is 386 g/mol. The number of nitrogens with zero attached hydrogens (tertiary/aromatic N) is 1. The summed E-state index contributed by atoms with van der Waals surface area (Å²) in [4.78, 5) is 2.39. The molecular weight excluding hydrogens is 366 g/mol. The van der Waals surface area contributed by atoms with Crippen molar-refractivity contribution in [1.29, 1.82) is 0 Å². The fourth-order valence-corrected chi connectivity index (χ4v) is 6.25. The summed E-state index contributed by atoms with van der Waals surface area (Å²) in [6, 6.07) is 9.64. The number of thiophene rings is 1. The monoisotopic (exact) mass is 385 g/mol. The second-order valence-corrected chi connectivity index (χ2v) is 9.41. The Balaban J connectivity index is 1.81. The largest absolute Gasteiger partial charge is 0.497 e. The van der Waals surface area contributed by atoms with Crippen LogP contribution in [0.4, 0.5) is 5.69 Å². The number of anilines is 1. The predicted molar refractivity (Wildman–Crippen MR) is 98.2 cm³/mol. The van der Waals surface area contributed by atoms with E-state index in [1.165, 1.54) is 11.3 Å². The van der Waals surface area contributed by atoms with Crippen molar-refractivity contribution in [2.45, 2.75) is 21.8 Å². The molecule has 0 fully saturated rings. The summed E-state index contributed by atoms with van der Waals surface area (Å²) < 4.78 is 33.3. The van der Waals surface area contributed by atoms with E-state index in [0.717, 1.165) is 34.2 Å². The number of hydrogen-bond acceptors (Lipinski definition) is 7. The molecule has 0 radical (unpaired) electrons.